The Kier molecular flexibility index (Phi) is 3.10. The smallest absolute Gasteiger partial charge is 0.239 e. The van der Waals surface area contributed by atoms with Crippen LogP contribution in [-0.4, -0.2) is 27.7 Å². The summed E-state index contributed by atoms with van der Waals surface area (Å²) < 4.78 is 11.0. The molecule has 7 nitrogen and oxygen atoms in total. The van der Waals surface area contributed by atoms with E-state index in [0.29, 0.717) is 16.6 Å². The first kappa shape index (κ1) is 17.1. The van der Waals surface area contributed by atoms with E-state index in [4.69, 9.17) is 19.4 Å². The predicted octanol–water partition coefficient (Wildman–Crippen LogP) is 3.78. The van der Waals surface area contributed by atoms with Crippen molar-refractivity contribution in [2.24, 2.45) is 5.41 Å². The van der Waals surface area contributed by atoms with Crippen LogP contribution < -0.4 is 14.8 Å². The van der Waals surface area contributed by atoms with E-state index in [0.717, 1.165) is 35.3 Å². The number of nitrogens with zero attached hydrogens (tertiary/aromatic N) is 3. The van der Waals surface area contributed by atoms with Crippen LogP contribution in [0.25, 0.3) is 11.0 Å². The van der Waals surface area contributed by atoms with Gasteiger partial charge in [-0.05, 0) is 18.3 Å². The largest absolute Gasteiger partial charge is 0.454 e. The maximum atomic E-state index is 13.7. The van der Waals surface area contributed by atoms with Crippen molar-refractivity contribution in [2.45, 2.75) is 44.4 Å². The minimum absolute atomic E-state index is 0.0469. The standard InChI is InChI=1S/C21H20N4O3S/c1-19(2)20(3)4-5-21(19,17(26)25-18-22-6-7-29-18)16-15(20)23-11-8-13-14(28-10-27-13)9-12(11)24-16/h6-9H,4-5,10H2,1-3H3,(H,22,25,26). The van der Waals surface area contributed by atoms with E-state index in [-0.39, 0.29) is 23.5 Å². The van der Waals surface area contributed by atoms with Gasteiger partial charge in [0.2, 0.25) is 12.7 Å². The van der Waals surface area contributed by atoms with E-state index in [2.05, 4.69) is 31.1 Å². The number of hydrogen-bond acceptors (Lipinski definition) is 7. The minimum atomic E-state index is -0.750. The van der Waals surface area contributed by atoms with Crippen LogP contribution in [0.5, 0.6) is 11.5 Å². The zero-order valence-corrected chi connectivity index (χ0v) is 17.2. The van der Waals surface area contributed by atoms with Gasteiger partial charge < -0.3 is 14.8 Å². The second-order valence-corrected chi connectivity index (χ2v) is 9.66. The SMILES string of the molecule is CC12CCC(C(=O)Nc3nccs3)(c3nc4cc5c(cc4nc31)OCO5)C2(C)C. The van der Waals surface area contributed by atoms with Gasteiger partial charge in [-0.3, -0.25) is 4.79 Å². The summed E-state index contributed by atoms with van der Waals surface area (Å²) in [5.74, 6) is 1.31. The van der Waals surface area contributed by atoms with Crippen LogP contribution in [0, 0.1) is 5.41 Å². The van der Waals surface area contributed by atoms with E-state index >= 15 is 0 Å². The Morgan fingerprint density at radius 3 is 2.41 bits per heavy atom. The molecule has 3 aliphatic rings. The average Bonchev–Trinajstić information content (AvgIpc) is 3.42. The quantitative estimate of drug-likeness (QED) is 0.694. The van der Waals surface area contributed by atoms with Crippen LogP contribution >= 0.6 is 11.3 Å². The fraction of sp³-hybridized carbons (Fsp3) is 0.429. The third kappa shape index (κ3) is 1.88. The molecule has 0 spiro atoms. The first-order valence-electron chi connectivity index (χ1n) is 9.70. The van der Waals surface area contributed by atoms with Gasteiger partial charge in [0.05, 0.1) is 27.8 Å². The van der Waals surface area contributed by atoms with Crippen LogP contribution in [0.15, 0.2) is 23.7 Å². The van der Waals surface area contributed by atoms with Crippen LogP contribution in [0.2, 0.25) is 0 Å². The highest BCUT2D eigenvalue weighted by Gasteiger charge is 2.73. The van der Waals surface area contributed by atoms with E-state index in [9.17, 15) is 4.79 Å². The lowest BCUT2D eigenvalue weighted by Crippen LogP contribution is -2.48. The third-order valence-corrected chi connectivity index (χ3v) is 8.26. The van der Waals surface area contributed by atoms with Crippen molar-refractivity contribution in [2.75, 3.05) is 12.1 Å². The lowest BCUT2D eigenvalue weighted by Gasteiger charge is -2.39. The van der Waals surface area contributed by atoms with Crippen molar-refractivity contribution in [3.8, 4) is 11.5 Å². The average molecular weight is 408 g/mol. The highest BCUT2D eigenvalue weighted by atomic mass is 32.1. The molecule has 2 atom stereocenters. The fourth-order valence-corrected chi connectivity index (χ4v) is 6.01. The molecular weight excluding hydrogens is 388 g/mol. The molecule has 6 rings (SSSR count). The van der Waals surface area contributed by atoms with Gasteiger partial charge in [-0.2, -0.15) is 0 Å². The summed E-state index contributed by atoms with van der Waals surface area (Å²) in [4.78, 5) is 27.9. The lowest BCUT2D eigenvalue weighted by molar-refractivity contribution is -0.125. The van der Waals surface area contributed by atoms with Gasteiger partial charge in [-0.25, -0.2) is 15.0 Å². The second kappa shape index (κ2) is 5.24. The van der Waals surface area contributed by atoms with Gasteiger partial charge >= 0.3 is 0 Å². The van der Waals surface area contributed by atoms with E-state index < -0.39 is 5.41 Å². The van der Waals surface area contributed by atoms with Crippen molar-refractivity contribution >= 4 is 33.4 Å². The van der Waals surface area contributed by atoms with E-state index in [1.807, 2.05) is 17.5 Å². The number of amides is 1. The Morgan fingerprint density at radius 2 is 1.76 bits per heavy atom. The molecule has 1 fully saturated rings. The molecule has 1 aromatic carbocycles. The molecule has 2 aliphatic carbocycles. The van der Waals surface area contributed by atoms with Crippen LogP contribution in [0.4, 0.5) is 5.13 Å². The Hall–Kier alpha value is -2.74. The van der Waals surface area contributed by atoms with Gasteiger partial charge in [-0.15, -0.1) is 11.3 Å². The molecule has 1 aliphatic heterocycles. The number of hydrogen-bond donors (Lipinski definition) is 1. The van der Waals surface area contributed by atoms with Gasteiger partial charge in [0.1, 0.15) is 0 Å². The topological polar surface area (TPSA) is 86.2 Å². The zero-order valence-electron chi connectivity index (χ0n) is 16.4. The normalized spacial score (nSPS) is 28.0. The van der Waals surface area contributed by atoms with Crippen molar-refractivity contribution in [1.82, 2.24) is 15.0 Å². The predicted molar refractivity (Wildman–Crippen MR) is 108 cm³/mol. The number of aromatic nitrogens is 3. The maximum Gasteiger partial charge on any atom is 0.239 e. The molecule has 3 aromatic rings. The van der Waals surface area contributed by atoms with Gasteiger partial charge in [0, 0.05) is 29.1 Å². The van der Waals surface area contributed by atoms with Crippen LogP contribution in [0.3, 0.4) is 0 Å². The first-order valence-corrected chi connectivity index (χ1v) is 10.6. The fourth-order valence-electron chi connectivity index (χ4n) is 5.48. The lowest BCUT2D eigenvalue weighted by atomic mass is 9.63. The summed E-state index contributed by atoms with van der Waals surface area (Å²) in [6.45, 7) is 6.75. The molecule has 3 heterocycles. The molecule has 29 heavy (non-hydrogen) atoms. The highest BCUT2D eigenvalue weighted by molar-refractivity contribution is 7.13. The second-order valence-electron chi connectivity index (χ2n) is 8.77. The van der Waals surface area contributed by atoms with E-state index in [1.54, 1.807) is 6.20 Å². The molecule has 2 aromatic heterocycles. The summed E-state index contributed by atoms with van der Waals surface area (Å²) in [5, 5.41) is 5.51. The van der Waals surface area contributed by atoms with Crippen molar-refractivity contribution < 1.29 is 14.3 Å². The number of rotatable bonds is 2. The summed E-state index contributed by atoms with van der Waals surface area (Å²) in [6, 6.07) is 3.74. The number of anilines is 1. The van der Waals surface area contributed by atoms with Gasteiger partial charge in [0.15, 0.2) is 16.6 Å². The number of ether oxygens (including phenoxy) is 2. The van der Waals surface area contributed by atoms with Gasteiger partial charge in [0.25, 0.3) is 0 Å². The minimum Gasteiger partial charge on any atom is -0.454 e. The molecular formula is C21H20N4O3S. The molecule has 2 unspecified atom stereocenters. The summed E-state index contributed by atoms with van der Waals surface area (Å²) in [7, 11) is 0. The Labute approximate surface area is 171 Å². The summed E-state index contributed by atoms with van der Waals surface area (Å²) in [6.07, 6.45) is 3.33. The Balaban J connectivity index is 1.58. The highest BCUT2D eigenvalue weighted by Crippen LogP contribution is 2.70. The molecule has 8 heteroatoms. The Bertz CT molecular complexity index is 1190. The van der Waals surface area contributed by atoms with Crippen molar-refractivity contribution in [3.05, 3.63) is 35.1 Å². The summed E-state index contributed by atoms with van der Waals surface area (Å²) >= 11 is 1.42. The number of fused-ring (bicyclic) bond motifs is 7. The number of thiazole rings is 1. The monoisotopic (exact) mass is 408 g/mol. The molecule has 0 radical (unpaired) electrons. The third-order valence-electron chi connectivity index (χ3n) is 7.57. The van der Waals surface area contributed by atoms with Crippen LogP contribution in [0.1, 0.15) is 45.0 Å². The van der Waals surface area contributed by atoms with Crippen molar-refractivity contribution in [1.29, 1.82) is 0 Å². The first-order chi connectivity index (χ1) is 13.9. The van der Waals surface area contributed by atoms with E-state index in [1.165, 1.54) is 11.3 Å². The molecule has 148 valence electrons. The van der Waals surface area contributed by atoms with Crippen LogP contribution in [-0.2, 0) is 15.6 Å². The van der Waals surface area contributed by atoms with Crippen molar-refractivity contribution in [3.63, 3.8) is 0 Å². The Morgan fingerprint density at radius 1 is 1.07 bits per heavy atom. The number of carbonyl (C=O) groups is 1. The maximum absolute atomic E-state index is 13.7. The van der Waals surface area contributed by atoms with Gasteiger partial charge in [-0.1, -0.05) is 20.8 Å². The summed E-state index contributed by atoms with van der Waals surface area (Å²) in [5.41, 5.74) is 1.89. The zero-order chi connectivity index (χ0) is 20.0. The molecule has 1 amide bonds. The molecule has 1 saturated carbocycles. The molecule has 2 bridgehead atoms. The number of nitrogens with one attached hydrogen (secondary N) is 1. The molecule has 1 N–H and O–H groups in total. The molecule has 0 saturated heterocycles. The number of benzene rings is 1. The number of carbonyl (C=O) groups excluding carboxylic acids is 1.